The number of aromatic carboxylic acids is 1. The molecule has 70 valence electrons. The van der Waals surface area contributed by atoms with Crippen LogP contribution in [0, 0.1) is 0 Å². The number of benzene rings is 1. The second-order valence-corrected chi connectivity index (χ2v) is 2.80. The van der Waals surface area contributed by atoms with Crippen LogP contribution in [-0.4, -0.2) is 27.6 Å². The molecule has 0 aliphatic carbocycles. The van der Waals surface area contributed by atoms with E-state index in [-0.39, 0.29) is 5.69 Å². The molecule has 0 atom stereocenters. The molecular formula is C9H6N2O3. The highest BCUT2D eigenvalue weighted by molar-refractivity contribution is 6.02. The topological polar surface area (TPSA) is 83.0 Å². The lowest BCUT2D eigenvalue weighted by atomic mass is 10.1. The van der Waals surface area contributed by atoms with Crippen molar-refractivity contribution in [1.82, 2.24) is 10.2 Å². The molecule has 0 bridgehead atoms. The minimum Gasteiger partial charge on any atom is -0.476 e. The number of H-pyrrole nitrogens is 1. The van der Waals surface area contributed by atoms with Gasteiger partial charge >= 0.3 is 5.97 Å². The molecule has 0 aliphatic heterocycles. The number of hydrogen-bond donors (Lipinski definition) is 2. The van der Waals surface area contributed by atoms with Crippen LogP contribution in [0.4, 0.5) is 0 Å². The summed E-state index contributed by atoms with van der Waals surface area (Å²) < 4.78 is 0. The Balaban J connectivity index is 2.75. The SMILES string of the molecule is O=Cc1ccc2[nH]nc(C(=O)O)c2c1. The molecule has 0 amide bonds. The molecule has 1 aromatic carbocycles. The standard InChI is InChI=1S/C9H6N2O3/c12-4-5-1-2-7-6(3-5)8(9(13)14)11-10-7/h1-4H,(H,10,11)(H,13,14). The predicted octanol–water partition coefficient (Wildman–Crippen LogP) is 1.07. The molecule has 5 heteroatoms. The first-order chi connectivity index (χ1) is 6.72. The number of carbonyl (C=O) groups excluding carboxylic acids is 1. The van der Waals surface area contributed by atoms with Crippen LogP contribution in [0.5, 0.6) is 0 Å². The second-order valence-electron chi connectivity index (χ2n) is 2.80. The Bertz CT molecular complexity index is 516. The van der Waals surface area contributed by atoms with Crippen molar-refractivity contribution in [2.75, 3.05) is 0 Å². The molecular weight excluding hydrogens is 184 g/mol. The number of aldehydes is 1. The largest absolute Gasteiger partial charge is 0.476 e. The van der Waals surface area contributed by atoms with Gasteiger partial charge in [-0.1, -0.05) is 0 Å². The third-order valence-electron chi connectivity index (χ3n) is 1.93. The highest BCUT2D eigenvalue weighted by Crippen LogP contribution is 2.16. The molecule has 5 nitrogen and oxygen atoms in total. The van der Waals surface area contributed by atoms with Gasteiger partial charge in [-0.05, 0) is 18.2 Å². The molecule has 2 rings (SSSR count). The molecule has 0 unspecified atom stereocenters. The van der Waals surface area contributed by atoms with Crippen LogP contribution in [0.25, 0.3) is 10.9 Å². The van der Waals surface area contributed by atoms with Gasteiger partial charge in [0.2, 0.25) is 0 Å². The Morgan fingerprint density at radius 3 is 2.93 bits per heavy atom. The van der Waals surface area contributed by atoms with Gasteiger partial charge < -0.3 is 5.11 Å². The number of nitrogens with one attached hydrogen (secondary N) is 1. The zero-order chi connectivity index (χ0) is 10.1. The number of fused-ring (bicyclic) bond motifs is 1. The lowest BCUT2D eigenvalue weighted by molar-refractivity contribution is 0.0692. The molecule has 0 saturated carbocycles. The maximum Gasteiger partial charge on any atom is 0.357 e. The van der Waals surface area contributed by atoms with Crippen molar-refractivity contribution in [3.63, 3.8) is 0 Å². The Morgan fingerprint density at radius 1 is 1.50 bits per heavy atom. The summed E-state index contributed by atoms with van der Waals surface area (Å²) in [6.45, 7) is 0. The Labute approximate surface area is 78.4 Å². The fourth-order valence-corrected chi connectivity index (χ4v) is 1.27. The summed E-state index contributed by atoms with van der Waals surface area (Å²) in [5.74, 6) is -1.11. The summed E-state index contributed by atoms with van der Waals surface area (Å²) in [6.07, 6.45) is 0.665. The van der Waals surface area contributed by atoms with Crippen LogP contribution in [0.15, 0.2) is 18.2 Å². The van der Waals surface area contributed by atoms with Gasteiger partial charge in [-0.25, -0.2) is 4.79 Å². The zero-order valence-electron chi connectivity index (χ0n) is 7.02. The first kappa shape index (κ1) is 8.43. The lowest BCUT2D eigenvalue weighted by Crippen LogP contribution is -1.96. The molecule has 0 fully saturated rings. The van der Waals surface area contributed by atoms with E-state index in [9.17, 15) is 9.59 Å². The van der Waals surface area contributed by atoms with Gasteiger partial charge in [0.15, 0.2) is 5.69 Å². The van der Waals surface area contributed by atoms with Crippen molar-refractivity contribution < 1.29 is 14.7 Å². The van der Waals surface area contributed by atoms with E-state index >= 15 is 0 Å². The minimum absolute atomic E-state index is 0.0660. The van der Waals surface area contributed by atoms with E-state index in [0.717, 1.165) is 0 Å². The van der Waals surface area contributed by atoms with E-state index in [1.807, 2.05) is 0 Å². The van der Waals surface area contributed by atoms with Gasteiger partial charge in [0.05, 0.1) is 5.52 Å². The first-order valence-corrected chi connectivity index (χ1v) is 3.89. The first-order valence-electron chi connectivity index (χ1n) is 3.89. The summed E-state index contributed by atoms with van der Waals surface area (Å²) in [4.78, 5) is 21.2. The number of carboxylic acids is 1. The fourth-order valence-electron chi connectivity index (χ4n) is 1.27. The molecule has 14 heavy (non-hydrogen) atoms. The van der Waals surface area contributed by atoms with Crippen molar-refractivity contribution in [3.05, 3.63) is 29.5 Å². The van der Waals surface area contributed by atoms with E-state index in [0.29, 0.717) is 22.8 Å². The van der Waals surface area contributed by atoms with Crippen LogP contribution in [0.3, 0.4) is 0 Å². The molecule has 2 aromatic rings. The molecule has 1 aromatic heterocycles. The summed E-state index contributed by atoms with van der Waals surface area (Å²) in [5.41, 5.74) is 0.970. The van der Waals surface area contributed by atoms with Crippen molar-refractivity contribution in [1.29, 1.82) is 0 Å². The van der Waals surface area contributed by atoms with E-state index in [1.165, 1.54) is 6.07 Å². The number of aromatic amines is 1. The number of aromatic nitrogens is 2. The predicted molar refractivity (Wildman–Crippen MR) is 48.4 cm³/mol. The number of carbonyl (C=O) groups is 2. The van der Waals surface area contributed by atoms with Gasteiger partial charge in [-0.15, -0.1) is 0 Å². The monoisotopic (exact) mass is 190 g/mol. The van der Waals surface area contributed by atoms with Gasteiger partial charge in [-0.2, -0.15) is 5.10 Å². The van der Waals surface area contributed by atoms with Crippen LogP contribution >= 0.6 is 0 Å². The third-order valence-corrected chi connectivity index (χ3v) is 1.93. The Kier molecular flexibility index (Phi) is 1.78. The maximum atomic E-state index is 10.7. The van der Waals surface area contributed by atoms with Crippen LogP contribution in [0.1, 0.15) is 20.8 Å². The van der Waals surface area contributed by atoms with Crippen LogP contribution < -0.4 is 0 Å². The van der Waals surface area contributed by atoms with Crippen molar-refractivity contribution in [3.8, 4) is 0 Å². The van der Waals surface area contributed by atoms with E-state index < -0.39 is 5.97 Å². The molecule has 1 heterocycles. The number of carboxylic acid groups (broad SMARTS) is 1. The summed E-state index contributed by atoms with van der Waals surface area (Å²) in [7, 11) is 0. The smallest absolute Gasteiger partial charge is 0.357 e. The normalized spacial score (nSPS) is 10.3. The summed E-state index contributed by atoms with van der Waals surface area (Å²) in [6, 6.07) is 4.72. The number of hydrogen-bond acceptors (Lipinski definition) is 3. The molecule has 2 N–H and O–H groups in total. The quantitative estimate of drug-likeness (QED) is 0.694. The molecule has 0 saturated heterocycles. The molecule has 0 spiro atoms. The van der Waals surface area contributed by atoms with E-state index in [4.69, 9.17) is 5.11 Å². The molecule has 0 aliphatic rings. The van der Waals surface area contributed by atoms with E-state index in [2.05, 4.69) is 10.2 Å². The van der Waals surface area contributed by atoms with E-state index in [1.54, 1.807) is 12.1 Å². The summed E-state index contributed by atoms with van der Waals surface area (Å²) in [5, 5.41) is 15.4. The third kappa shape index (κ3) is 1.15. The second kappa shape index (κ2) is 2.95. The van der Waals surface area contributed by atoms with Crippen LogP contribution in [-0.2, 0) is 0 Å². The zero-order valence-corrected chi connectivity index (χ0v) is 7.02. The van der Waals surface area contributed by atoms with Gasteiger partial charge in [0.1, 0.15) is 6.29 Å². The van der Waals surface area contributed by atoms with Crippen molar-refractivity contribution in [2.45, 2.75) is 0 Å². The summed E-state index contributed by atoms with van der Waals surface area (Å²) >= 11 is 0. The van der Waals surface area contributed by atoms with Crippen molar-refractivity contribution >= 4 is 23.2 Å². The van der Waals surface area contributed by atoms with Crippen LogP contribution in [0.2, 0.25) is 0 Å². The highest BCUT2D eigenvalue weighted by Gasteiger charge is 2.12. The lowest BCUT2D eigenvalue weighted by Gasteiger charge is -1.91. The van der Waals surface area contributed by atoms with Gasteiger partial charge in [0.25, 0.3) is 0 Å². The van der Waals surface area contributed by atoms with Crippen molar-refractivity contribution in [2.24, 2.45) is 0 Å². The maximum absolute atomic E-state index is 10.7. The minimum atomic E-state index is -1.11. The fraction of sp³-hybridized carbons (Fsp3) is 0. The Hall–Kier alpha value is -2.17. The Morgan fingerprint density at radius 2 is 2.29 bits per heavy atom. The average molecular weight is 190 g/mol. The van der Waals surface area contributed by atoms with Gasteiger partial charge in [0, 0.05) is 10.9 Å². The highest BCUT2D eigenvalue weighted by atomic mass is 16.4. The number of nitrogens with zero attached hydrogens (tertiary/aromatic N) is 1. The van der Waals surface area contributed by atoms with Gasteiger partial charge in [-0.3, -0.25) is 9.89 Å². The molecule has 0 radical (unpaired) electrons. The average Bonchev–Trinajstić information content (AvgIpc) is 2.59. The number of rotatable bonds is 2.